The molecule has 6 heteroatoms. The Kier molecular flexibility index (Phi) is 4.45. The Bertz CT molecular complexity index is 623. The third kappa shape index (κ3) is 3.71. The number of alkyl halides is 3. The largest absolute Gasteiger partial charge is 0.416 e. The minimum atomic E-state index is -4.55. The highest BCUT2D eigenvalue weighted by molar-refractivity contribution is 5.47. The lowest BCUT2D eigenvalue weighted by molar-refractivity contribution is -0.137. The maximum atomic E-state index is 13.7. The molecule has 1 aromatic carbocycles. The Morgan fingerprint density at radius 3 is 2.57 bits per heavy atom. The number of nitrogens with zero attached hydrogens (tertiary/aromatic N) is 1. The third-order valence-corrected chi connectivity index (χ3v) is 3.11. The van der Waals surface area contributed by atoms with Crippen LogP contribution in [0.2, 0.25) is 0 Å². The molecule has 0 fully saturated rings. The number of pyridine rings is 1. The number of hydrogen-bond acceptors (Lipinski definition) is 2. The van der Waals surface area contributed by atoms with E-state index in [0.717, 1.165) is 29.8 Å². The van der Waals surface area contributed by atoms with Crippen molar-refractivity contribution in [1.82, 2.24) is 4.98 Å². The average molecular weight is 298 g/mol. The first-order valence-corrected chi connectivity index (χ1v) is 6.45. The van der Waals surface area contributed by atoms with E-state index in [9.17, 15) is 17.6 Å². The lowest BCUT2D eigenvalue weighted by atomic mass is 10.1. The molecule has 0 aliphatic carbocycles. The van der Waals surface area contributed by atoms with Crippen LogP contribution in [0.15, 0.2) is 36.5 Å². The molecule has 112 valence electrons. The number of aryl methyl sites for hydroxylation is 1. The molecular formula is C15H14F4N2. The van der Waals surface area contributed by atoms with Crippen LogP contribution in [0.25, 0.3) is 0 Å². The molecule has 0 amide bonds. The second-order valence-corrected chi connectivity index (χ2v) is 4.51. The summed E-state index contributed by atoms with van der Waals surface area (Å²) < 4.78 is 51.0. The smallest absolute Gasteiger partial charge is 0.377 e. The first-order chi connectivity index (χ1) is 9.91. The van der Waals surface area contributed by atoms with Crippen LogP contribution in [0.4, 0.5) is 23.2 Å². The van der Waals surface area contributed by atoms with E-state index in [0.29, 0.717) is 6.07 Å². The molecule has 0 atom stereocenters. The number of anilines is 1. The number of benzene rings is 1. The summed E-state index contributed by atoms with van der Waals surface area (Å²) in [6, 6.07) is 6.15. The van der Waals surface area contributed by atoms with Gasteiger partial charge < -0.3 is 5.32 Å². The van der Waals surface area contributed by atoms with Crippen molar-refractivity contribution in [3.8, 4) is 0 Å². The summed E-state index contributed by atoms with van der Waals surface area (Å²) in [5.74, 6) is -0.932. The van der Waals surface area contributed by atoms with E-state index in [1.54, 1.807) is 12.3 Å². The summed E-state index contributed by atoms with van der Waals surface area (Å²) in [6.07, 6.45) is -2.14. The molecule has 2 aromatic rings. The number of hydrogen-bond donors (Lipinski definition) is 1. The molecule has 0 saturated heterocycles. The van der Waals surface area contributed by atoms with Crippen LogP contribution < -0.4 is 5.32 Å². The molecule has 2 rings (SSSR count). The van der Waals surface area contributed by atoms with Gasteiger partial charge in [-0.25, -0.2) is 4.39 Å². The summed E-state index contributed by atoms with van der Waals surface area (Å²) in [4.78, 5) is 4.19. The number of rotatable bonds is 4. The second-order valence-electron chi connectivity index (χ2n) is 4.51. The molecule has 0 radical (unpaired) electrons. The minimum absolute atomic E-state index is 0.0238. The molecule has 21 heavy (non-hydrogen) atoms. The molecule has 1 aromatic heterocycles. The Labute approximate surface area is 119 Å². The van der Waals surface area contributed by atoms with Crippen LogP contribution in [0.1, 0.15) is 23.7 Å². The second kappa shape index (κ2) is 6.11. The summed E-state index contributed by atoms with van der Waals surface area (Å²) in [6.45, 7) is 2.23. The topological polar surface area (TPSA) is 24.9 Å². The zero-order valence-corrected chi connectivity index (χ0v) is 11.3. The Morgan fingerprint density at radius 2 is 1.95 bits per heavy atom. The molecule has 0 spiro atoms. The minimum Gasteiger partial charge on any atom is -0.377 e. The molecule has 0 aliphatic heterocycles. The van der Waals surface area contributed by atoms with E-state index in [1.807, 2.05) is 13.0 Å². The average Bonchev–Trinajstić information content (AvgIpc) is 2.45. The Balaban J connectivity index is 2.14. The number of halogens is 4. The number of aromatic nitrogens is 1. The predicted octanol–water partition coefficient (Wildman–Crippen LogP) is 4.41. The van der Waals surface area contributed by atoms with Crippen LogP contribution in [-0.4, -0.2) is 4.98 Å². The van der Waals surface area contributed by atoms with E-state index < -0.39 is 17.6 Å². The van der Waals surface area contributed by atoms with Gasteiger partial charge in [-0.15, -0.1) is 0 Å². The standard InChI is InChI=1S/C15H14F4N2/c1-2-10-4-3-7-20-14(10)9-21-13-6-5-11(8-12(13)16)15(17,18)19/h3-8,21H,2,9H2,1H3. The van der Waals surface area contributed by atoms with Gasteiger partial charge in [0.1, 0.15) is 5.82 Å². The monoisotopic (exact) mass is 298 g/mol. The Hall–Kier alpha value is -2.11. The van der Waals surface area contributed by atoms with Gasteiger partial charge in [0, 0.05) is 6.20 Å². The van der Waals surface area contributed by atoms with Gasteiger partial charge in [0.25, 0.3) is 0 Å². The van der Waals surface area contributed by atoms with E-state index in [-0.39, 0.29) is 12.2 Å². The predicted molar refractivity (Wildman–Crippen MR) is 72.3 cm³/mol. The van der Waals surface area contributed by atoms with Crippen LogP contribution in [0.5, 0.6) is 0 Å². The van der Waals surface area contributed by atoms with Crippen molar-refractivity contribution in [2.75, 3.05) is 5.32 Å². The van der Waals surface area contributed by atoms with Crippen molar-refractivity contribution < 1.29 is 17.6 Å². The molecule has 2 nitrogen and oxygen atoms in total. The highest BCUT2D eigenvalue weighted by Gasteiger charge is 2.31. The lowest BCUT2D eigenvalue weighted by Gasteiger charge is -2.12. The van der Waals surface area contributed by atoms with Crippen molar-refractivity contribution in [1.29, 1.82) is 0 Å². The van der Waals surface area contributed by atoms with Crippen molar-refractivity contribution in [3.05, 3.63) is 59.2 Å². The van der Waals surface area contributed by atoms with E-state index in [4.69, 9.17) is 0 Å². The van der Waals surface area contributed by atoms with Crippen LogP contribution in [0.3, 0.4) is 0 Å². The van der Waals surface area contributed by atoms with E-state index in [1.165, 1.54) is 0 Å². The van der Waals surface area contributed by atoms with Crippen LogP contribution >= 0.6 is 0 Å². The van der Waals surface area contributed by atoms with Gasteiger partial charge in [-0.3, -0.25) is 4.98 Å². The molecule has 0 aliphatic rings. The zero-order valence-electron chi connectivity index (χ0n) is 11.3. The first kappa shape index (κ1) is 15.3. The van der Waals surface area contributed by atoms with Gasteiger partial charge >= 0.3 is 6.18 Å². The SMILES string of the molecule is CCc1cccnc1CNc1ccc(C(F)(F)F)cc1F. The summed E-state index contributed by atoms with van der Waals surface area (Å²) in [5.41, 5.74) is 0.782. The molecule has 0 saturated carbocycles. The van der Waals surface area contributed by atoms with E-state index >= 15 is 0 Å². The van der Waals surface area contributed by atoms with Crippen molar-refractivity contribution in [3.63, 3.8) is 0 Å². The highest BCUT2D eigenvalue weighted by Crippen LogP contribution is 2.31. The van der Waals surface area contributed by atoms with Gasteiger partial charge in [-0.1, -0.05) is 13.0 Å². The van der Waals surface area contributed by atoms with E-state index in [2.05, 4.69) is 10.3 Å². The van der Waals surface area contributed by atoms with Crippen LogP contribution in [0, 0.1) is 5.82 Å². The first-order valence-electron chi connectivity index (χ1n) is 6.45. The maximum absolute atomic E-state index is 13.7. The fourth-order valence-electron chi connectivity index (χ4n) is 1.97. The quantitative estimate of drug-likeness (QED) is 0.845. The van der Waals surface area contributed by atoms with Crippen molar-refractivity contribution in [2.45, 2.75) is 26.1 Å². The lowest BCUT2D eigenvalue weighted by Crippen LogP contribution is -2.09. The molecule has 1 N–H and O–H groups in total. The normalized spacial score (nSPS) is 11.5. The van der Waals surface area contributed by atoms with Crippen LogP contribution in [-0.2, 0) is 19.1 Å². The number of nitrogens with one attached hydrogen (secondary N) is 1. The summed E-state index contributed by atoms with van der Waals surface area (Å²) in [5, 5.41) is 2.78. The van der Waals surface area contributed by atoms with Crippen molar-refractivity contribution >= 4 is 5.69 Å². The Morgan fingerprint density at radius 1 is 1.19 bits per heavy atom. The summed E-state index contributed by atoms with van der Waals surface area (Å²) >= 11 is 0. The van der Waals surface area contributed by atoms with Gasteiger partial charge in [0.15, 0.2) is 0 Å². The van der Waals surface area contributed by atoms with Gasteiger partial charge in [0.05, 0.1) is 23.5 Å². The fraction of sp³-hybridized carbons (Fsp3) is 0.267. The maximum Gasteiger partial charge on any atom is 0.416 e. The third-order valence-electron chi connectivity index (χ3n) is 3.11. The zero-order chi connectivity index (χ0) is 15.5. The summed E-state index contributed by atoms with van der Waals surface area (Å²) in [7, 11) is 0. The van der Waals surface area contributed by atoms with Gasteiger partial charge in [-0.2, -0.15) is 13.2 Å². The van der Waals surface area contributed by atoms with Crippen molar-refractivity contribution in [2.24, 2.45) is 0 Å². The molecule has 0 bridgehead atoms. The molecule has 1 heterocycles. The van der Waals surface area contributed by atoms with Gasteiger partial charge in [-0.05, 0) is 36.2 Å². The molecular weight excluding hydrogens is 284 g/mol. The van der Waals surface area contributed by atoms with Gasteiger partial charge in [0.2, 0.25) is 0 Å². The highest BCUT2D eigenvalue weighted by atomic mass is 19.4. The fourth-order valence-corrected chi connectivity index (χ4v) is 1.97. The molecule has 0 unspecified atom stereocenters.